The number of hydrogen-bond donors (Lipinski definition) is 4. The van der Waals surface area contributed by atoms with Gasteiger partial charge in [0.05, 0.1) is 16.8 Å². The van der Waals surface area contributed by atoms with E-state index >= 15 is 0 Å². The Morgan fingerprint density at radius 2 is 1.92 bits per heavy atom. The summed E-state index contributed by atoms with van der Waals surface area (Å²) in [5.41, 5.74) is 2.35. The van der Waals surface area contributed by atoms with E-state index in [1.165, 1.54) is 0 Å². The second-order valence-electron chi connectivity index (χ2n) is 8.82. The summed E-state index contributed by atoms with van der Waals surface area (Å²) in [4.78, 5) is 58.9. The van der Waals surface area contributed by atoms with Gasteiger partial charge in [-0.05, 0) is 53.9 Å². The number of rotatable bonds is 8. The van der Waals surface area contributed by atoms with Gasteiger partial charge < -0.3 is 20.5 Å². The number of H-pyrrole nitrogens is 1. The molecule has 10 nitrogen and oxygen atoms in total. The van der Waals surface area contributed by atoms with E-state index in [4.69, 9.17) is 5.11 Å². The number of fused-ring (bicyclic) bond motifs is 4. The Labute approximate surface area is 209 Å². The number of carboxylic acids is 2. The number of carboxylic acid groups (broad SMARTS) is 2. The van der Waals surface area contributed by atoms with E-state index in [-0.39, 0.29) is 41.6 Å². The first-order valence-corrected chi connectivity index (χ1v) is 11.5. The van der Waals surface area contributed by atoms with Crippen molar-refractivity contribution in [2.24, 2.45) is 0 Å². The lowest BCUT2D eigenvalue weighted by Gasteiger charge is -2.19. The van der Waals surface area contributed by atoms with Crippen molar-refractivity contribution in [1.82, 2.24) is 9.97 Å². The number of aryl methyl sites for hydroxylation is 1. The Morgan fingerprint density at radius 1 is 1.14 bits per heavy atom. The highest BCUT2D eigenvalue weighted by Crippen LogP contribution is 2.36. The van der Waals surface area contributed by atoms with Gasteiger partial charge >= 0.3 is 23.9 Å². The molecule has 1 aromatic heterocycles. The molecule has 1 aliphatic rings. The molecule has 2 heterocycles. The number of aromatic nitrogens is 2. The maximum atomic E-state index is 12.7. The highest BCUT2D eigenvalue weighted by Gasteiger charge is 2.36. The average Bonchev–Trinajstić information content (AvgIpc) is 3.23. The topological polar surface area (TPSA) is 154 Å². The lowest BCUT2D eigenvalue weighted by atomic mass is 9.87. The fraction of sp³-hybridized carbons (Fsp3) is 0.185. The van der Waals surface area contributed by atoms with Crippen LogP contribution in [0.2, 0.25) is 0 Å². The van der Waals surface area contributed by atoms with Gasteiger partial charge in [0, 0.05) is 29.1 Å². The van der Waals surface area contributed by atoms with E-state index in [2.05, 4.69) is 26.2 Å². The number of hydrogen-bond acceptors (Lipinski definition) is 6. The van der Waals surface area contributed by atoms with Gasteiger partial charge in [-0.15, -0.1) is 0 Å². The van der Waals surface area contributed by atoms with Crippen LogP contribution in [-0.2, 0) is 16.1 Å². The molecular weight excluding hydrogens is 476 g/mol. The minimum absolute atomic E-state index is 0.164. The summed E-state index contributed by atoms with van der Waals surface area (Å²) in [6.07, 6.45) is -0.520. The smallest absolute Gasteiger partial charge is 0.481 e. The zero-order valence-corrected chi connectivity index (χ0v) is 19.7. The van der Waals surface area contributed by atoms with Crippen LogP contribution in [0.3, 0.4) is 0 Å². The first-order chi connectivity index (χ1) is 17.7. The largest absolute Gasteiger partial charge is 0.549 e. The fourth-order valence-electron chi connectivity index (χ4n) is 4.69. The molecule has 184 valence electrons. The van der Waals surface area contributed by atoms with Crippen LogP contribution < -0.4 is 10.9 Å². The molecule has 0 aliphatic carbocycles. The Balaban J connectivity index is 1.54. The highest BCUT2D eigenvalue weighted by atomic mass is 16.4. The van der Waals surface area contributed by atoms with Crippen LogP contribution in [-0.4, -0.2) is 38.0 Å². The van der Waals surface area contributed by atoms with Gasteiger partial charge in [0.1, 0.15) is 17.0 Å². The number of anilines is 1. The molecule has 0 saturated heterocycles. The van der Waals surface area contributed by atoms with Gasteiger partial charge in [-0.1, -0.05) is 18.2 Å². The van der Waals surface area contributed by atoms with Crippen LogP contribution in [0.15, 0.2) is 47.3 Å². The lowest BCUT2D eigenvalue weighted by Crippen LogP contribution is -2.18. The summed E-state index contributed by atoms with van der Waals surface area (Å²) >= 11 is 0. The van der Waals surface area contributed by atoms with E-state index in [9.17, 15) is 24.3 Å². The molecule has 0 radical (unpaired) electrons. The van der Waals surface area contributed by atoms with Crippen LogP contribution in [0.25, 0.3) is 26.5 Å². The van der Waals surface area contributed by atoms with Gasteiger partial charge in [0.2, 0.25) is 0 Å². The number of carbonyl (C=O) groups excluding carboxylic acids is 1. The van der Waals surface area contributed by atoms with Crippen LogP contribution >= 0.6 is 0 Å². The summed E-state index contributed by atoms with van der Waals surface area (Å²) in [6, 6.07) is 15.1. The molecule has 3 aromatic carbocycles. The number of nitrogens with one attached hydrogen (secondary N) is 2. The molecule has 0 bridgehead atoms. The van der Waals surface area contributed by atoms with Crippen molar-refractivity contribution >= 4 is 45.2 Å². The Bertz CT molecular complexity index is 1760. The molecule has 0 saturated carbocycles. The SMILES string of the molecule is Cc1nc2ccc3ccc(CNc4ccc5c(c4[C@H](CCC(=O)O)C(=O)O)C#[N+]C5=O)cc3c2c(=O)[nH]1. The maximum Gasteiger partial charge on any atom is 0.549 e. The number of benzene rings is 3. The Morgan fingerprint density at radius 3 is 2.68 bits per heavy atom. The minimum Gasteiger partial charge on any atom is -0.481 e. The van der Waals surface area contributed by atoms with E-state index in [0.29, 0.717) is 22.4 Å². The average molecular weight is 497 g/mol. The zero-order valence-electron chi connectivity index (χ0n) is 19.7. The number of amides is 1. The Hall–Kier alpha value is -5.04. The number of nitrogens with zero attached hydrogens (tertiary/aromatic N) is 2. The summed E-state index contributed by atoms with van der Waals surface area (Å²) in [7, 11) is 0. The summed E-state index contributed by atoms with van der Waals surface area (Å²) < 4.78 is 0. The molecule has 1 atom stereocenters. The van der Waals surface area contributed by atoms with E-state index in [1.807, 2.05) is 24.3 Å². The molecule has 0 spiro atoms. The van der Waals surface area contributed by atoms with E-state index in [1.54, 1.807) is 25.1 Å². The van der Waals surface area contributed by atoms with Gasteiger partial charge in [-0.2, -0.15) is 4.79 Å². The number of aromatic amines is 1. The molecule has 0 unspecified atom stereocenters. The van der Waals surface area contributed by atoms with Crippen LogP contribution in [0.4, 0.5) is 5.69 Å². The van der Waals surface area contributed by atoms with Gasteiger partial charge in [-0.25, -0.2) is 4.98 Å². The second kappa shape index (κ2) is 9.20. The molecule has 5 rings (SSSR count). The van der Waals surface area contributed by atoms with Crippen LogP contribution in [0.5, 0.6) is 0 Å². The monoisotopic (exact) mass is 497 g/mol. The third-order valence-corrected chi connectivity index (χ3v) is 6.40. The van der Waals surface area contributed by atoms with Crippen molar-refractivity contribution in [3.63, 3.8) is 0 Å². The van der Waals surface area contributed by atoms with E-state index in [0.717, 1.165) is 16.3 Å². The normalized spacial score (nSPS) is 12.7. The molecule has 1 amide bonds. The van der Waals surface area contributed by atoms with Gasteiger partial charge in [0.25, 0.3) is 5.56 Å². The first kappa shape index (κ1) is 23.7. The van der Waals surface area contributed by atoms with Crippen LogP contribution in [0, 0.1) is 13.0 Å². The quantitative estimate of drug-likeness (QED) is 0.268. The third-order valence-electron chi connectivity index (χ3n) is 6.40. The maximum absolute atomic E-state index is 12.7. The molecule has 1 aliphatic heterocycles. The second-order valence-corrected chi connectivity index (χ2v) is 8.82. The summed E-state index contributed by atoms with van der Waals surface area (Å²) in [5, 5.41) is 24.3. The summed E-state index contributed by atoms with van der Waals surface area (Å²) in [5.74, 6) is -3.52. The Kier molecular flexibility index (Phi) is 5.89. The molecule has 4 N–H and O–H groups in total. The fourth-order valence-corrected chi connectivity index (χ4v) is 4.69. The van der Waals surface area contributed by atoms with Gasteiger partial charge in [0.15, 0.2) is 0 Å². The van der Waals surface area contributed by atoms with Crippen molar-refractivity contribution in [3.05, 3.63) is 85.7 Å². The van der Waals surface area contributed by atoms with Crippen molar-refractivity contribution in [2.45, 2.75) is 32.2 Å². The zero-order chi connectivity index (χ0) is 26.3. The molecular formula is C27H21N4O6+. The van der Waals surface area contributed by atoms with E-state index < -0.39 is 23.8 Å². The van der Waals surface area contributed by atoms with Crippen LogP contribution in [0.1, 0.15) is 51.6 Å². The standard InChI is InChI=1S/C27H20N4O6/c1-13-30-21-7-4-15-3-2-14(10-18(15)24(21)26(35)31-13)11-28-20-8-5-16-19(12-29-25(16)34)23(20)17(27(36)37)6-9-22(32)33/h2-5,7-8,10,17H,6,9,11H2,1H3,(H3-,28,30,31,32,33,34,35,36,37)/p+1/t17-/m0/s1. The number of carbonyl (C=O) groups is 3. The molecule has 0 fully saturated rings. The van der Waals surface area contributed by atoms with Gasteiger partial charge in [-0.3, -0.25) is 14.4 Å². The predicted octanol–water partition coefficient (Wildman–Crippen LogP) is 3.86. The highest BCUT2D eigenvalue weighted by molar-refractivity contribution is 6.09. The third kappa shape index (κ3) is 4.38. The van der Waals surface area contributed by atoms with Crippen molar-refractivity contribution in [2.75, 3.05) is 5.32 Å². The van der Waals surface area contributed by atoms with Crippen molar-refractivity contribution in [3.8, 4) is 6.07 Å². The predicted molar refractivity (Wildman–Crippen MR) is 136 cm³/mol. The number of aliphatic carboxylic acids is 2. The minimum atomic E-state index is -1.21. The lowest BCUT2D eigenvalue weighted by molar-refractivity contribution is -0.140. The molecule has 10 heteroatoms. The molecule has 37 heavy (non-hydrogen) atoms. The first-order valence-electron chi connectivity index (χ1n) is 11.5. The summed E-state index contributed by atoms with van der Waals surface area (Å²) in [6.45, 7) is 1.99. The molecule has 4 aromatic rings. The van der Waals surface area contributed by atoms with Crippen molar-refractivity contribution < 1.29 is 24.6 Å². The van der Waals surface area contributed by atoms with Crippen molar-refractivity contribution in [1.29, 1.82) is 0 Å².